The molecule has 3 saturated heterocycles. The van der Waals surface area contributed by atoms with Gasteiger partial charge in [0.2, 0.25) is 0 Å². The fourth-order valence-corrected chi connectivity index (χ4v) is 33.5. The van der Waals surface area contributed by atoms with E-state index in [9.17, 15) is 32.9 Å². The normalized spacial score (nSPS) is 53.8. The Morgan fingerprint density at radius 3 is 0.965 bits per heavy atom. The minimum Gasteiger partial charge on any atom is -0.393 e. The third-order valence-corrected chi connectivity index (χ3v) is 38.4. The van der Waals surface area contributed by atoms with E-state index in [1.165, 1.54) is 12.8 Å². The number of aliphatic hydroxyl groups excluding tert-OH is 3. The Balaban J connectivity index is 0.000000140. The number of azide groups is 1. The van der Waals surface area contributed by atoms with E-state index in [1.807, 2.05) is 27.7 Å². The first kappa shape index (κ1) is 92.0. The minimum atomic E-state index is -0.697. The van der Waals surface area contributed by atoms with Gasteiger partial charge in [-0.3, -0.25) is 0 Å². The molecule has 0 aromatic rings. The smallest absolute Gasteiger partial charge is 0.163 e. The molecule has 19 heteroatoms. The van der Waals surface area contributed by atoms with Crippen LogP contribution in [0, 0.1) is 138 Å². The summed E-state index contributed by atoms with van der Waals surface area (Å²) in [5.74, 6) is 4.99. The predicted octanol–water partition coefficient (Wildman–Crippen LogP) is 23.3. The second-order valence-corrected chi connectivity index (χ2v) is 44.4. The van der Waals surface area contributed by atoms with E-state index in [-0.39, 0.29) is 180 Å². The molecule has 16 aliphatic carbocycles. The Bertz CT molecular complexity index is 3640. The number of rotatable bonds is 1. The lowest BCUT2D eigenvalue weighted by molar-refractivity contribution is -0.210. The molecular weight excluding hydrogens is 1480 g/mol. The summed E-state index contributed by atoms with van der Waals surface area (Å²) in [4.78, 5) is 3.11. The summed E-state index contributed by atoms with van der Waals surface area (Å²) in [5.41, 5.74) is 26.3. The summed E-state index contributed by atoms with van der Waals surface area (Å²) < 4.78 is 97.0. The number of allylic oxidation sites excluding steroid dienone is 8. The van der Waals surface area contributed by atoms with Crippen molar-refractivity contribution >= 4 is 12.4 Å². The standard InChI is InChI=1S/C24H36FN3O2.C24H38FNO2.C24H37FO3.C21H34FNO2.3CH4.ClH/c1-13(25)15-6-7-16-19-17(9-11-23(15,16)4)24(5)10-8-14(27-28-26)12-18(24)20-21(19)30-22(2,3)29-20;2*1-13(25)15-6-7-16-19-17(9-11-23(15,16)4)24(5)10-8-14(26)12-18(24)20-21(19)28-22(2,3)27-20;1-11(22)13-4-5-14-17-15(7-9-20(13,14)2)21(3)8-6-12(23)10-16(21)18(24)19(17)25;;;;/h14,16-21H,6-12H2,1-5H3;14,16-21H,6-12,26H2,1-5H3;14,16-21,26H,6-12H2,1-5H3;12,14-19,24-25H,4-10,23H2,1-3H3;3*1H4;1H/b3*15-13+;13-11+;;;;/t2*14-,16?,17?,18?,19?,20-,21-,23-,24-;14-,16?,17?,18?,19?,20+,21+,23+,24+;12-,14?,15?,16?,17?,18-,19-,20-,21-;;;;/m1101..../s1. The van der Waals surface area contributed by atoms with Crippen molar-refractivity contribution < 1.29 is 61.3 Å². The summed E-state index contributed by atoms with van der Waals surface area (Å²) in [6, 6.07) is 0.480. The number of hydrogen-bond acceptors (Lipinski definition) is 12. The maximum absolute atomic E-state index is 14.5. The molecule has 0 aromatic heterocycles. The number of halogens is 5. The number of nitrogens with zero attached hydrogens (tertiary/aromatic N) is 3. The second kappa shape index (κ2) is 31.8. The monoisotopic (exact) mass is 1640 g/mol. The number of nitrogens with two attached hydrogens (primary N) is 2. The molecule has 0 radical (unpaired) electrons. The van der Waals surface area contributed by atoms with Gasteiger partial charge in [0.1, 0.15) is 0 Å². The SMILES string of the molecule is C.C.C.C/C(F)=C1/CCC2C3C(CC[C@]12C)[C@@]1(C)CC[C@@H](N)CC1[C@@H](O)[C@@H]3O.C/C(F)=C1/CCC2C3C(CC[C@]12C)[C@@]1(C)CC[C@@H](N)CC1[C@H]1OC(C)(C)O[C@H]31.C/C(F)=C1/CCC2C3C(CC[C@]12C)[C@@]1(C)CC[C@@H](N=[N+]=[N-])CC1[C@H]1OC(C)(C)O[C@H]31.C/C(F)=C1/CCC2C3C(CC[C@]12C)[C@@]1(C)CC[C@H](O)CC1[C@H]1OC(C)(C)O[C@H]31.Cl. The lowest BCUT2D eigenvalue weighted by Crippen LogP contribution is -2.64. The zero-order valence-corrected chi connectivity index (χ0v) is 72.5. The van der Waals surface area contributed by atoms with Gasteiger partial charge in [-0.2, -0.15) is 0 Å². The van der Waals surface area contributed by atoms with Crippen molar-refractivity contribution in [1.29, 1.82) is 0 Å². The second-order valence-electron chi connectivity index (χ2n) is 44.4. The van der Waals surface area contributed by atoms with Gasteiger partial charge in [-0.25, -0.2) is 17.6 Å². The third kappa shape index (κ3) is 14.3. The average Bonchev–Trinajstić information content (AvgIpc) is 1.61. The molecule has 19 rings (SSSR count). The highest BCUT2D eigenvalue weighted by Crippen LogP contribution is 2.75. The Morgan fingerprint density at radius 1 is 0.348 bits per heavy atom. The zero-order valence-electron chi connectivity index (χ0n) is 71.7. The molecule has 7 N–H and O–H groups in total. The van der Waals surface area contributed by atoms with Crippen LogP contribution in [0.4, 0.5) is 17.6 Å². The van der Waals surface area contributed by atoms with Crippen molar-refractivity contribution in [2.75, 3.05) is 0 Å². The van der Waals surface area contributed by atoms with Crippen LogP contribution in [0.2, 0.25) is 0 Å². The summed E-state index contributed by atoms with van der Waals surface area (Å²) in [5, 5.41) is 36.6. The van der Waals surface area contributed by atoms with Crippen molar-refractivity contribution in [3.63, 3.8) is 0 Å². The Hall–Kier alpha value is -2.16. The Kier molecular flexibility index (Phi) is 25.5. The van der Waals surface area contributed by atoms with Crippen LogP contribution in [0.15, 0.2) is 50.7 Å². The lowest BCUT2D eigenvalue weighted by Gasteiger charge is -2.63. The molecule has 3 heterocycles. The van der Waals surface area contributed by atoms with Gasteiger partial charge in [-0.05, 0) is 415 Å². The van der Waals surface area contributed by atoms with E-state index in [0.29, 0.717) is 76.9 Å². The maximum atomic E-state index is 14.5. The van der Waals surface area contributed by atoms with Gasteiger partial charge in [-0.15, -0.1) is 12.4 Å². The van der Waals surface area contributed by atoms with Crippen LogP contribution in [0.25, 0.3) is 10.4 Å². The van der Waals surface area contributed by atoms with Gasteiger partial charge >= 0.3 is 0 Å². The molecule has 19 aliphatic rings. The molecule has 16 saturated carbocycles. The number of fused-ring (bicyclic) bond motifs is 29. The van der Waals surface area contributed by atoms with Crippen molar-refractivity contribution in [3.8, 4) is 0 Å². The quantitative estimate of drug-likeness (QED) is 0.0720. The van der Waals surface area contributed by atoms with Gasteiger partial charge in [0, 0.05) is 23.0 Å². The third-order valence-electron chi connectivity index (χ3n) is 38.4. The molecule has 16 unspecified atom stereocenters. The molecule has 19 fully saturated rings. The first-order valence-corrected chi connectivity index (χ1v) is 45.0. The highest BCUT2D eigenvalue weighted by molar-refractivity contribution is 5.85. The fourth-order valence-electron chi connectivity index (χ4n) is 33.5. The number of hydrogen-bond donors (Lipinski definition) is 5. The summed E-state index contributed by atoms with van der Waals surface area (Å²) in [7, 11) is 0. The molecule has 36 atom stereocenters. The van der Waals surface area contributed by atoms with Crippen molar-refractivity contribution in [2.45, 2.75) is 417 Å². The maximum Gasteiger partial charge on any atom is 0.163 e. The Morgan fingerprint density at radius 2 is 0.626 bits per heavy atom. The molecular formula is C96H158ClF4N5O9. The van der Waals surface area contributed by atoms with Crippen LogP contribution >= 0.6 is 12.4 Å². The molecule has 0 aromatic carbocycles. The number of aliphatic hydroxyl groups is 3. The van der Waals surface area contributed by atoms with Gasteiger partial charge in [-0.1, -0.05) is 82.8 Å². The van der Waals surface area contributed by atoms with E-state index < -0.39 is 29.6 Å². The van der Waals surface area contributed by atoms with E-state index >= 15 is 0 Å². The van der Waals surface area contributed by atoms with Gasteiger partial charge in [0.15, 0.2) is 17.4 Å². The first-order valence-electron chi connectivity index (χ1n) is 45.0. The predicted molar refractivity (Wildman–Crippen MR) is 451 cm³/mol. The summed E-state index contributed by atoms with van der Waals surface area (Å²) in [6.07, 6.45) is 27.3. The van der Waals surface area contributed by atoms with E-state index in [2.05, 4.69) is 79.3 Å². The van der Waals surface area contributed by atoms with Crippen LogP contribution in [-0.4, -0.2) is 106 Å². The van der Waals surface area contributed by atoms with E-state index in [0.717, 1.165) is 189 Å². The van der Waals surface area contributed by atoms with Gasteiger partial charge in [0.25, 0.3) is 0 Å². The Labute approximate surface area is 697 Å². The van der Waals surface area contributed by atoms with Crippen molar-refractivity contribution in [1.82, 2.24) is 0 Å². The highest BCUT2D eigenvalue weighted by atomic mass is 35.5. The van der Waals surface area contributed by atoms with Gasteiger partial charge in [0.05, 0.1) is 78.2 Å². The van der Waals surface area contributed by atoms with E-state index in [4.69, 9.17) is 45.4 Å². The molecule has 14 nitrogen and oxygen atoms in total. The van der Waals surface area contributed by atoms with E-state index in [1.54, 1.807) is 27.7 Å². The first-order chi connectivity index (χ1) is 51.9. The largest absolute Gasteiger partial charge is 0.393 e. The van der Waals surface area contributed by atoms with Gasteiger partial charge < -0.3 is 55.2 Å². The van der Waals surface area contributed by atoms with Crippen LogP contribution in [0.3, 0.4) is 0 Å². The topological polar surface area (TPSA) is 217 Å². The summed E-state index contributed by atoms with van der Waals surface area (Å²) in [6.45, 7) is 37.7. The zero-order chi connectivity index (χ0) is 79.7. The molecule has 0 spiro atoms. The van der Waals surface area contributed by atoms with Crippen LogP contribution in [0.5, 0.6) is 0 Å². The molecule has 0 bridgehead atoms. The average molecular weight is 1640 g/mol. The fraction of sp³-hybridized carbons (Fsp3) is 0.917. The van der Waals surface area contributed by atoms with Crippen molar-refractivity contribution in [2.24, 2.45) is 155 Å². The van der Waals surface area contributed by atoms with Crippen LogP contribution in [-0.2, 0) is 28.4 Å². The number of ether oxygens (including phenoxy) is 6. The highest BCUT2D eigenvalue weighted by Gasteiger charge is 2.73. The van der Waals surface area contributed by atoms with Crippen molar-refractivity contribution in [3.05, 3.63) is 56.0 Å². The molecule has 0 amide bonds. The molecule has 115 heavy (non-hydrogen) atoms. The molecule has 3 aliphatic heterocycles. The summed E-state index contributed by atoms with van der Waals surface area (Å²) >= 11 is 0. The lowest BCUT2D eigenvalue weighted by atomic mass is 9.43. The van der Waals surface area contributed by atoms with Crippen LogP contribution < -0.4 is 11.5 Å². The molecule has 656 valence electrons. The van der Waals surface area contributed by atoms with Crippen LogP contribution in [0.1, 0.15) is 327 Å². The minimum absolute atomic E-state index is 0.